The van der Waals surface area contributed by atoms with Gasteiger partial charge in [-0.2, -0.15) is 0 Å². The molecule has 0 bridgehead atoms. The summed E-state index contributed by atoms with van der Waals surface area (Å²) in [4.78, 5) is 7.54. The van der Waals surface area contributed by atoms with Crippen LogP contribution in [0.5, 0.6) is 0 Å². The highest BCUT2D eigenvalue weighted by molar-refractivity contribution is 7.14. The van der Waals surface area contributed by atoms with E-state index in [0.29, 0.717) is 6.04 Å². The predicted molar refractivity (Wildman–Crippen MR) is 137 cm³/mol. The molecule has 1 aliphatic heterocycles. The Kier molecular flexibility index (Phi) is 7.28. The summed E-state index contributed by atoms with van der Waals surface area (Å²) in [6.07, 6.45) is 7.22. The number of nitrogens with zero attached hydrogens (tertiary/aromatic N) is 2. The highest BCUT2D eigenvalue weighted by Crippen LogP contribution is 2.47. The van der Waals surface area contributed by atoms with Crippen LogP contribution in [0.25, 0.3) is 11.3 Å². The molecule has 1 aliphatic carbocycles. The number of thiazole rings is 1. The average molecular weight is 456 g/mol. The fourth-order valence-corrected chi connectivity index (χ4v) is 6.13. The molecule has 1 aromatic heterocycles. The first-order valence-electron chi connectivity index (χ1n) is 12.4. The lowest BCUT2D eigenvalue weighted by molar-refractivity contribution is 0.192. The number of hydrogen-bond acceptors (Lipinski definition) is 5. The summed E-state index contributed by atoms with van der Waals surface area (Å²) in [6, 6.07) is 7.73. The lowest BCUT2D eigenvalue weighted by Gasteiger charge is -2.42. The summed E-state index contributed by atoms with van der Waals surface area (Å²) in [5.41, 5.74) is 5.93. The van der Waals surface area contributed by atoms with Gasteiger partial charge in [-0.05, 0) is 73.1 Å². The molecular weight excluding hydrogens is 414 g/mol. The van der Waals surface area contributed by atoms with Crippen molar-refractivity contribution in [3.63, 3.8) is 0 Å². The van der Waals surface area contributed by atoms with Gasteiger partial charge in [0.15, 0.2) is 5.13 Å². The van der Waals surface area contributed by atoms with Gasteiger partial charge in [0, 0.05) is 43.8 Å². The number of methoxy groups -OCH3 is 1. The molecule has 0 spiro atoms. The number of unbranched alkanes of at least 4 members (excludes halogenated alkanes) is 1. The maximum Gasteiger partial charge on any atom is 0.185 e. The van der Waals surface area contributed by atoms with Gasteiger partial charge in [-0.3, -0.25) is 0 Å². The predicted octanol–water partition coefficient (Wildman–Crippen LogP) is 6.14. The van der Waals surface area contributed by atoms with Crippen LogP contribution in [0.3, 0.4) is 0 Å². The van der Waals surface area contributed by atoms with Crippen molar-refractivity contribution < 1.29 is 4.74 Å². The number of ether oxygens (including phenoxy) is 1. The van der Waals surface area contributed by atoms with Crippen LogP contribution in [0, 0.1) is 0 Å². The summed E-state index contributed by atoms with van der Waals surface area (Å²) >= 11 is 1.80. The van der Waals surface area contributed by atoms with E-state index in [1.165, 1.54) is 53.9 Å². The van der Waals surface area contributed by atoms with E-state index in [2.05, 4.69) is 61.5 Å². The fourth-order valence-electron chi connectivity index (χ4n) is 5.24. The van der Waals surface area contributed by atoms with Crippen LogP contribution in [-0.2, 0) is 15.6 Å². The molecule has 4 nitrogen and oxygen atoms in total. The minimum Gasteiger partial charge on any atom is -0.385 e. The normalized spacial score (nSPS) is 20.3. The topological polar surface area (TPSA) is 37.4 Å². The molecule has 0 saturated carbocycles. The van der Waals surface area contributed by atoms with Crippen molar-refractivity contribution >= 4 is 16.5 Å². The molecule has 1 fully saturated rings. The summed E-state index contributed by atoms with van der Waals surface area (Å²) in [5, 5.41) is 7.15. The number of nitrogens with one attached hydrogen (secondary N) is 1. The Balaban J connectivity index is 1.39. The zero-order valence-corrected chi connectivity index (χ0v) is 21.5. The summed E-state index contributed by atoms with van der Waals surface area (Å²) in [5.74, 6) is 0. The number of benzene rings is 1. The van der Waals surface area contributed by atoms with Gasteiger partial charge in [0.25, 0.3) is 0 Å². The molecule has 2 aliphatic rings. The smallest absolute Gasteiger partial charge is 0.185 e. The van der Waals surface area contributed by atoms with Gasteiger partial charge in [-0.15, -0.1) is 11.3 Å². The lowest BCUT2D eigenvalue weighted by atomic mass is 9.63. The van der Waals surface area contributed by atoms with Crippen molar-refractivity contribution in [1.82, 2.24) is 10.3 Å². The Morgan fingerprint density at radius 2 is 1.78 bits per heavy atom. The van der Waals surface area contributed by atoms with E-state index in [9.17, 15) is 0 Å². The van der Waals surface area contributed by atoms with Crippen molar-refractivity contribution in [2.75, 3.05) is 38.3 Å². The third kappa shape index (κ3) is 5.21. The second-order valence-corrected chi connectivity index (χ2v) is 11.8. The quantitative estimate of drug-likeness (QED) is 0.485. The molecule has 1 saturated heterocycles. The maximum atomic E-state index is 5.14. The standard InChI is InChI=1S/C27H41N3OS/c1-26(2)12-13-27(3,4)23-18-20(8-9-22(23)26)24-19-32-25(29-24)30-15-10-21(11-16-30)28-14-6-7-17-31-5/h8-9,18-19,21,28H,6-7,10-17H2,1-5H3. The summed E-state index contributed by atoms with van der Waals surface area (Å²) in [7, 11) is 1.78. The van der Waals surface area contributed by atoms with E-state index < -0.39 is 0 Å². The molecular formula is C27H41N3OS. The van der Waals surface area contributed by atoms with E-state index in [1.54, 1.807) is 18.4 Å². The Labute approximate surface area is 198 Å². The molecule has 1 N–H and O–H groups in total. The zero-order chi connectivity index (χ0) is 22.8. The average Bonchev–Trinajstić information content (AvgIpc) is 3.27. The molecule has 5 heteroatoms. The Morgan fingerprint density at radius 1 is 1.06 bits per heavy atom. The number of rotatable bonds is 8. The molecule has 0 radical (unpaired) electrons. The molecule has 32 heavy (non-hydrogen) atoms. The van der Waals surface area contributed by atoms with Crippen LogP contribution in [0.1, 0.15) is 77.3 Å². The van der Waals surface area contributed by atoms with E-state index in [-0.39, 0.29) is 10.8 Å². The first kappa shape index (κ1) is 23.7. The van der Waals surface area contributed by atoms with Gasteiger partial charge in [-0.25, -0.2) is 4.98 Å². The van der Waals surface area contributed by atoms with Crippen molar-refractivity contribution in [1.29, 1.82) is 0 Å². The van der Waals surface area contributed by atoms with Gasteiger partial charge in [0.1, 0.15) is 0 Å². The van der Waals surface area contributed by atoms with Gasteiger partial charge < -0.3 is 15.0 Å². The van der Waals surface area contributed by atoms with Crippen molar-refractivity contribution in [3.8, 4) is 11.3 Å². The van der Waals surface area contributed by atoms with E-state index in [1.807, 2.05) is 0 Å². The summed E-state index contributed by atoms with van der Waals surface area (Å²) < 4.78 is 5.14. The Morgan fingerprint density at radius 3 is 2.50 bits per heavy atom. The zero-order valence-electron chi connectivity index (χ0n) is 20.7. The van der Waals surface area contributed by atoms with Crippen LogP contribution in [0.4, 0.5) is 5.13 Å². The number of piperidine rings is 1. The van der Waals surface area contributed by atoms with E-state index >= 15 is 0 Å². The van der Waals surface area contributed by atoms with Gasteiger partial charge in [0.2, 0.25) is 0 Å². The molecule has 2 aromatic rings. The van der Waals surface area contributed by atoms with E-state index in [0.717, 1.165) is 38.4 Å². The third-order valence-corrected chi connectivity index (χ3v) is 8.52. The Hall–Kier alpha value is -1.43. The minimum atomic E-state index is 0.234. The number of hydrogen-bond donors (Lipinski definition) is 1. The van der Waals surface area contributed by atoms with Crippen LogP contribution in [0.2, 0.25) is 0 Å². The largest absolute Gasteiger partial charge is 0.385 e. The van der Waals surface area contributed by atoms with Gasteiger partial charge in [0.05, 0.1) is 5.69 Å². The number of fused-ring (bicyclic) bond motifs is 1. The molecule has 0 amide bonds. The minimum absolute atomic E-state index is 0.234. The lowest BCUT2D eigenvalue weighted by Crippen LogP contribution is -2.42. The second kappa shape index (κ2) is 9.82. The van der Waals surface area contributed by atoms with Crippen LogP contribution in [0.15, 0.2) is 23.6 Å². The highest BCUT2D eigenvalue weighted by atomic mass is 32.1. The highest BCUT2D eigenvalue weighted by Gasteiger charge is 2.37. The molecule has 2 heterocycles. The van der Waals surface area contributed by atoms with Crippen LogP contribution < -0.4 is 10.2 Å². The van der Waals surface area contributed by atoms with Crippen molar-refractivity contribution in [3.05, 3.63) is 34.7 Å². The molecule has 0 unspecified atom stereocenters. The molecule has 1 aromatic carbocycles. The van der Waals surface area contributed by atoms with Gasteiger partial charge in [-0.1, -0.05) is 39.8 Å². The second-order valence-electron chi connectivity index (χ2n) is 11.0. The maximum absolute atomic E-state index is 5.14. The van der Waals surface area contributed by atoms with Crippen molar-refractivity contribution in [2.45, 2.75) is 83.1 Å². The molecule has 176 valence electrons. The molecule has 0 atom stereocenters. The Bertz CT molecular complexity index is 896. The fraction of sp³-hybridized carbons (Fsp3) is 0.667. The number of anilines is 1. The first-order valence-corrected chi connectivity index (χ1v) is 13.3. The van der Waals surface area contributed by atoms with Crippen molar-refractivity contribution in [2.24, 2.45) is 0 Å². The first-order chi connectivity index (χ1) is 15.3. The van der Waals surface area contributed by atoms with Crippen LogP contribution in [-0.4, -0.2) is 44.4 Å². The van der Waals surface area contributed by atoms with E-state index in [4.69, 9.17) is 9.72 Å². The SMILES string of the molecule is COCCCCNC1CCN(c2nc(-c3ccc4c(c3)C(C)(C)CCC4(C)C)cs2)CC1. The third-order valence-electron chi connectivity index (χ3n) is 7.61. The van der Waals surface area contributed by atoms with Gasteiger partial charge >= 0.3 is 0 Å². The molecule has 4 rings (SSSR count). The number of aromatic nitrogens is 1. The van der Waals surface area contributed by atoms with Crippen LogP contribution >= 0.6 is 11.3 Å². The monoisotopic (exact) mass is 455 g/mol. The summed E-state index contributed by atoms with van der Waals surface area (Å²) in [6.45, 7) is 13.7.